The van der Waals surface area contributed by atoms with Crippen molar-refractivity contribution in [3.8, 4) is 0 Å². The van der Waals surface area contributed by atoms with Crippen molar-refractivity contribution in [3.63, 3.8) is 0 Å². The van der Waals surface area contributed by atoms with Gasteiger partial charge in [-0.2, -0.15) is 4.57 Å². The highest BCUT2D eigenvalue weighted by atomic mass is 127. The lowest BCUT2D eigenvalue weighted by atomic mass is 10.0. The van der Waals surface area contributed by atoms with E-state index < -0.39 is 16.1 Å². The van der Waals surface area contributed by atoms with Gasteiger partial charge in [-0.1, -0.05) is 115 Å². The molecule has 2 aromatic rings. The number of rotatable bonds is 28. The maximum Gasteiger partial charge on any atom is 0.407 e. The SMILES string of the molecule is CCCCCCCCCCCCCCCCCCNC(=O)OCC(CNS(=O)(=O)CCC[n+]1cccc2ccccc21)COC.[I-]. The first-order chi connectivity index (χ1) is 21.9. The van der Waals surface area contributed by atoms with E-state index in [-0.39, 0.29) is 48.8 Å². The van der Waals surface area contributed by atoms with Crippen LogP contribution in [0.3, 0.4) is 0 Å². The zero-order chi connectivity index (χ0) is 32.4. The number of sulfonamides is 1. The second kappa shape index (κ2) is 27.5. The molecule has 1 amide bonds. The number of halogens is 1. The summed E-state index contributed by atoms with van der Waals surface area (Å²) in [5.41, 5.74) is 1.08. The molecule has 0 spiro atoms. The largest absolute Gasteiger partial charge is 1.00 e. The molecule has 0 saturated carbocycles. The Hall–Kier alpha value is -1.50. The molecule has 1 unspecified atom stereocenters. The highest BCUT2D eigenvalue weighted by Gasteiger charge is 2.18. The van der Waals surface area contributed by atoms with Gasteiger partial charge >= 0.3 is 6.09 Å². The molecule has 46 heavy (non-hydrogen) atoms. The van der Waals surface area contributed by atoms with Crippen LogP contribution in [-0.2, 0) is 26.0 Å². The molecule has 0 fully saturated rings. The predicted molar refractivity (Wildman–Crippen MR) is 185 cm³/mol. The molecule has 2 rings (SSSR count). The summed E-state index contributed by atoms with van der Waals surface area (Å²) >= 11 is 0. The smallest absolute Gasteiger partial charge is 0.407 e. The molecular formula is C36H62IN3O5S. The Morgan fingerprint density at radius 1 is 0.783 bits per heavy atom. The number of benzene rings is 1. The topological polar surface area (TPSA) is 97.6 Å². The Balaban J connectivity index is 0.0000106. The van der Waals surface area contributed by atoms with Crippen molar-refractivity contribution >= 4 is 27.0 Å². The summed E-state index contributed by atoms with van der Waals surface area (Å²) in [6, 6.07) is 12.1. The zero-order valence-corrected chi connectivity index (χ0v) is 31.6. The summed E-state index contributed by atoms with van der Waals surface area (Å²) in [5.74, 6) is -0.248. The molecule has 2 N–H and O–H groups in total. The lowest BCUT2D eigenvalue weighted by Crippen LogP contribution is -3.00. The number of aromatic nitrogens is 1. The fourth-order valence-corrected chi connectivity index (χ4v) is 6.81. The van der Waals surface area contributed by atoms with E-state index in [9.17, 15) is 13.2 Å². The first-order valence-electron chi connectivity index (χ1n) is 17.7. The van der Waals surface area contributed by atoms with E-state index in [2.05, 4.69) is 21.5 Å². The van der Waals surface area contributed by atoms with Gasteiger partial charge in [-0.15, -0.1) is 0 Å². The van der Waals surface area contributed by atoms with Crippen LogP contribution in [0, 0.1) is 5.92 Å². The molecule has 1 atom stereocenters. The number of alkyl carbamates (subject to hydrolysis) is 1. The van der Waals surface area contributed by atoms with Crippen LogP contribution in [0.25, 0.3) is 10.9 Å². The van der Waals surface area contributed by atoms with E-state index in [0.717, 1.165) is 23.7 Å². The molecule has 1 heterocycles. The number of pyridine rings is 1. The van der Waals surface area contributed by atoms with Crippen LogP contribution < -0.4 is 38.6 Å². The number of amides is 1. The lowest BCUT2D eigenvalue weighted by molar-refractivity contribution is -0.671. The standard InChI is InChI=1S/C36H61N3O5S.HI/c1-3-4-5-6-7-8-9-10-11-12-13-14-15-16-17-20-26-37-36(40)44-32-33(31-43-2)30-38-45(41,42)29-22-28-39-27-21-24-34-23-18-19-25-35(34)39;/h18-19,21,23-25,27,33,38H,3-17,20,22,26,28-32H2,1-2H3;1H. The quantitative estimate of drug-likeness (QED) is 0.0744. The summed E-state index contributed by atoms with van der Waals surface area (Å²) in [7, 11) is -1.92. The number of hydrogen-bond acceptors (Lipinski definition) is 5. The van der Waals surface area contributed by atoms with Crippen LogP contribution in [-0.4, -0.2) is 53.7 Å². The number of ether oxygens (including phenoxy) is 2. The Labute approximate surface area is 297 Å². The molecule has 0 aliphatic rings. The van der Waals surface area contributed by atoms with Crippen molar-refractivity contribution in [1.82, 2.24) is 10.0 Å². The van der Waals surface area contributed by atoms with Gasteiger partial charge in [0.25, 0.3) is 0 Å². The van der Waals surface area contributed by atoms with Gasteiger partial charge < -0.3 is 38.8 Å². The van der Waals surface area contributed by atoms with Crippen LogP contribution in [0.5, 0.6) is 0 Å². The van der Waals surface area contributed by atoms with Crippen LogP contribution in [0.15, 0.2) is 42.6 Å². The molecule has 0 aliphatic heterocycles. The molecule has 264 valence electrons. The van der Waals surface area contributed by atoms with Crippen LogP contribution >= 0.6 is 0 Å². The normalized spacial score (nSPS) is 12.1. The number of nitrogens with one attached hydrogen (secondary N) is 2. The zero-order valence-electron chi connectivity index (χ0n) is 28.7. The monoisotopic (exact) mass is 775 g/mol. The third-order valence-corrected chi connectivity index (χ3v) is 9.78. The number of nitrogens with zero attached hydrogens (tertiary/aromatic N) is 1. The Kier molecular flexibility index (Phi) is 25.4. The molecule has 1 aromatic carbocycles. The third kappa shape index (κ3) is 20.7. The number of hydrogen-bond donors (Lipinski definition) is 2. The van der Waals surface area contributed by atoms with E-state index >= 15 is 0 Å². The highest BCUT2D eigenvalue weighted by Crippen LogP contribution is 2.14. The number of para-hydroxylation sites is 1. The van der Waals surface area contributed by atoms with Gasteiger partial charge in [-0.25, -0.2) is 17.9 Å². The molecule has 0 saturated heterocycles. The highest BCUT2D eigenvalue weighted by molar-refractivity contribution is 7.89. The second-order valence-corrected chi connectivity index (χ2v) is 14.4. The maximum atomic E-state index is 12.6. The fraction of sp³-hybridized carbons (Fsp3) is 0.722. The molecular weight excluding hydrogens is 713 g/mol. The van der Waals surface area contributed by atoms with Crippen molar-refractivity contribution in [2.45, 2.75) is 123 Å². The Morgan fingerprint density at radius 3 is 1.96 bits per heavy atom. The molecule has 10 heteroatoms. The first-order valence-corrected chi connectivity index (χ1v) is 19.3. The molecule has 1 aromatic heterocycles. The van der Waals surface area contributed by atoms with Gasteiger partial charge in [0.15, 0.2) is 6.20 Å². The van der Waals surface area contributed by atoms with Gasteiger partial charge in [-0.05, 0) is 18.6 Å². The van der Waals surface area contributed by atoms with Crippen molar-refractivity contribution < 1.29 is 51.2 Å². The number of fused-ring (bicyclic) bond motifs is 1. The van der Waals surface area contributed by atoms with Crippen LogP contribution in [0.1, 0.15) is 116 Å². The average molecular weight is 776 g/mol. The number of carbonyl (C=O) groups is 1. The van der Waals surface area contributed by atoms with E-state index in [1.165, 1.54) is 89.9 Å². The average Bonchev–Trinajstić information content (AvgIpc) is 3.04. The summed E-state index contributed by atoms with van der Waals surface area (Å²) in [4.78, 5) is 12.2. The van der Waals surface area contributed by atoms with Crippen LogP contribution in [0.4, 0.5) is 4.79 Å². The van der Waals surface area contributed by atoms with Gasteiger partial charge in [0.2, 0.25) is 15.5 Å². The number of methoxy groups -OCH3 is 1. The number of aryl methyl sites for hydroxylation is 1. The molecule has 0 aliphatic carbocycles. The minimum atomic E-state index is -3.47. The van der Waals surface area contributed by atoms with E-state index in [4.69, 9.17) is 9.47 Å². The van der Waals surface area contributed by atoms with E-state index in [1.807, 2.05) is 42.6 Å². The molecule has 0 radical (unpaired) electrons. The Bertz CT molecular complexity index is 1150. The number of carbonyl (C=O) groups excluding carboxylic acids is 1. The summed E-state index contributed by atoms with van der Waals surface area (Å²) < 4.78 is 40.6. The van der Waals surface area contributed by atoms with Crippen molar-refractivity contribution in [2.75, 3.05) is 39.2 Å². The maximum absolute atomic E-state index is 12.6. The second-order valence-electron chi connectivity index (χ2n) is 12.4. The molecule has 0 bridgehead atoms. The Morgan fingerprint density at radius 2 is 1.35 bits per heavy atom. The van der Waals surface area contributed by atoms with Gasteiger partial charge in [0.1, 0.15) is 6.54 Å². The van der Waals surface area contributed by atoms with E-state index in [0.29, 0.717) is 26.1 Å². The summed E-state index contributed by atoms with van der Waals surface area (Å²) in [5, 5.41) is 3.94. The fourth-order valence-electron chi connectivity index (χ4n) is 5.67. The first kappa shape index (κ1) is 42.5. The number of unbranched alkanes of at least 4 members (excludes halogenated alkanes) is 15. The van der Waals surface area contributed by atoms with Gasteiger partial charge in [0.05, 0.1) is 19.0 Å². The minimum Gasteiger partial charge on any atom is -1.00 e. The third-order valence-electron chi connectivity index (χ3n) is 8.34. The molecule has 8 nitrogen and oxygen atoms in total. The van der Waals surface area contributed by atoms with Gasteiger partial charge in [-0.3, -0.25) is 0 Å². The van der Waals surface area contributed by atoms with Crippen molar-refractivity contribution in [3.05, 3.63) is 42.6 Å². The van der Waals surface area contributed by atoms with Gasteiger partial charge in [0, 0.05) is 50.1 Å². The van der Waals surface area contributed by atoms with E-state index in [1.54, 1.807) is 7.11 Å². The van der Waals surface area contributed by atoms with Crippen molar-refractivity contribution in [2.24, 2.45) is 5.92 Å². The lowest BCUT2D eigenvalue weighted by Gasteiger charge is -2.17. The van der Waals surface area contributed by atoms with Crippen LogP contribution in [0.2, 0.25) is 0 Å². The summed E-state index contributed by atoms with van der Waals surface area (Å²) in [6.45, 7) is 4.01. The predicted octanol–water partition coefficient (Wildman–Crippen LogP) is 4.69. The van der Waals surface area contributed by atoms with Crippen molar-refractivity contribution in [1.29, 1.82) is 0 Å². The minimum absolute atomic E-state index is 0. The summed E-state index contributed by atoms with van der Waals surface area (Å²) in [6.07, 6.45) is 23.0.